The summed E-state index contributed by atoms with van der Waals surface area (Å²) in [5.41, 5.74) is 6.26. The number of amides is 1. The first kappa shape index (κ1) is 17.7. The van der Waals surface area contributed by atoms with Crippen molar-refractivity contribution >= 4 is 44.0 Å². The van der Waals surface area contributed by atoms with E-state index in [2.05, 4.69) is 42.4 Å². The summed E-state index contributed by atoms with van der Waals surface area (Å²) in [6.07, 6.45) is 1.66. The molecule has 120 valence electrons. The molecule has 23 heavy (non-hydrogen) atoms. The second-order valence-corrected chi connectivity index (χ2v) is 6.98. The lowest BCUT2D eigenvalue weighted by Gasteiger charge is -2.05. The van der Waals surface area contributed by atoms with Crippen LogP contribution in [0.15, 0.2) is 44.4 Å². The van der Waals surface area contributed by atoms with Gasteiger partial charge in [-0.2, -0.15) is 5.10 Å². The Morgan fingerprint density at radius 3 is 2.65 bits per heavy atom. The van der Waals surface area contributed by atoms with Crippen LogP contribution in [0, 0.1) is 13.8 Å². The van der Waals surface area contributed by atoms with Crippen LogP contribution in [0.5, 0.6) is 5.75 Å². The van der Waals surface area contributed by atoms with Crippen LogP contribution in [0.4, 0.5) is 0 Å². The van der Waals surface area contributed by atoms with Crippen molar-refractivity contribution in [2.24, 2.45) is 5.10 Å². The molecule has 0 heterocycles. The standard InChI is InChI=1S/C17H16Br2N2O2/c1-10-3-4-12(5-11(10)2)6-16(22)21-20-9-13-7-14(18)8-15(19)17(13)23/h3-5,7-9,23H,6H2,1-2H3,(H,21,22)/b20-9+. The number of carbonyl (C=O) groups excluding carboxylic acids is 1. The van der Waals surface area contributed by atoms with Crippen molar-refractivity contribution in [2.45, 2.75) is 20.3 Å². The SMILES string of the molecule is Cc1ccc(CC(=O)N/N=C/c2cc(Br)cc(Br)c2O)cc1C. The predicted octanol–water partition coefficient (Wildman–Crippen LogP) is 4.23. The number of aromatic hydroxyl groups is 1. The van der Waals surface area contributed by atoms with E-state index in [0.717, 1.165) is 15.6 Å². The van der Waals surface area contributed by atoms with Gasteiger partial charge in [0.05, 0.1) is 17.1 Å². The third kappa shape index (κ3) is 4.91. The monoisotopic (exact) mass is 438 g/mol. The van der Waals surface area contributed by atoms with Crippen molar-refractivity contribution < 1.29 is 9.90 Å². The fraction of sp³-hybridized carbons (Fsp3) is 0.176. The summed E-state index contributed by atoms with van der Waals surface area (Å²) >= 11 is 6.58. The maximum absolute atomic E-state index is 11.9. The number of halogens is 2. The Hall–Kier alpha value is -1.66. The maximum Gasteiger partial charge on any atom is 0.244 e. The van der Waals surface area contributed by atoms with Crippen LogP contribution in [0.25, 0.3) is 0 Å². The van der Waals surface area contributed by atoms with Crippen molar-refractivity contribution in [3.8, 4) is 5.75 Å². The molecule has 0 atom stereocenters. The molecule has 1 amide bonds. The second kappa shape index (κ2) is 7.75. The van der Waals surface area contributed by atoms with Crippen LogP contribution in [-0.4, -0.2) is 17.2 Å². The van der Waals surface area contributed by atoms with Gasteiger partial charge in [-0.05, 0) is 58.6 Å². The molecule has 2 rings (SSSR count). The van der Waals surface area contributed by atoms with Gasteiger partial charge < -0.3 is 5.11 Å². The van der Waals surface area contributed by atoms with Crippen molar-refractivity contribution in [2.75, 3.05) is 0 Å². The minimum atomic E-state index is -0.210. The molecule has 6 heteroatoms. The van der Waals surface area contributed by atoms with Crippen LogP contribution in [0.3, 0.4) is 0 Å². The summed E-state index contributed by atoms with van der Waals surface area (Å²) < 4.78 is 1.35. The summed E-state index contributed by atoms with van der Waals surface area (Å²) in [5, 5.41) is 13.8. The lowest BCUT2D eigenvalue weighted by molar-refractivity contribution is -0.120. The number of nitrogens with one attached hydrogen (secondary N) is 1. The topological polar surface area (TPSA) is 61.7 Å². The van der Waals surface area contributed by atoms with Crippen LogP contribution < -0.4 is 5.43 Å². The van der Waals surface area contributed by atoms with Crippen molar-refractivity contribution in [1.29, 1.82) is 0 Å². The van der Waals surface area contributed by atoms with E-state index in [9.17, 15) is 9.90 Å². The molecule has 0 spiro atoms. The summed E-state index contributed by atoms with van der Waals surface area (Å²) in [6, 6.07) is 9.36. The van der Waals surface area contributed by atoms with Crippen LogP contribution in [0.2, 0.25) is 0 Å². The summed E-state index contributed by atoms with van der Waals surface area (Å²) in [6.45, 7) is 4.05. The highest BCUT2D eigenvalue weighted by atomic mass is 79.9. The van der Waals surface area contributed by atoms with E-state index in [0.29, 0.717) is 10.0 Å². The zero-order valence-corrected chi connectivity index (χ0v) is 15.9. The predicted molar refractivity (Wildman–Crippen MR) is 98.9 cm³/mol. The van der Waals surface area contributed by atoms with Gasteiger partial charge in [0.15, 0.2) is 0 Å². The van der Waals surface area contributed by atoms with E-state index in [1.807, 2.05) is 32.0 Å². The number of benzene rings is 2. The van der Waals surface area contributed by atoms with E-state index in [1.165, 1.54) is 11.8 Å². The van der Waals surface area contributed by atoms with Gasteiger partial charge in [0.25, 0.3) is 0 Å². The number of carbonyl (C=O) groups is 1. The Labute approximate surface area is 151 Å². The normalized spacial score (nSPS) is 11.0. The highest BCUT2D eigenvalue weighted by Gasteiger charge is 2.06. The molecule has 0 radical (unpaired) electrons. The Bertz CT molecular complexity index is 773. The minimum absolute atomic E-state index is 0.0698. The smallest absolute Gasteiger partial charge is 0.244 e. The molecular formula is C17H16Br2N2O2. The van der Waals surface area contributed by atoms with Gasteiger partial charge in [-0.15, -0.1) is 0 Å². The number of phenols is 1. The maximum atomic E-state index is 11.9. The van der Waals surface area contributed by atoms with E-state index >= 15 is 0 Å². The third-order valence-electron chi connectivity index (χ3n) is 3.39. The Kier molecular flexibility index (Phi) is 5.96. The molecule has 0 aliphatic heterocycles. The first-order chi connectivity index (χ1) is 10.9. The van der Waals surface area contributed by atoms with Gasteiger partial charge in [-0.25, -0.2) is 5.43 Å². The first-order valence-electron chi connectivity index (χ1n) is 6.93. The number of hydrazone groups is 1. The number of hydrogen-bond acceptors (Lipinski definition) is 3. The fourth-order valence-electron chi connectivity index (χ4n) is 2.00. The fourth-order valence-corrected chi connectivity index (χ4v) is 3.25. The average molecular weight is 440 g/mol. The molecule has 0 aliphatic rings. The number of aryl methyl sites for hydroxylation is 2. The molecule has 0 saturated carbocycles. The molecule has 0 bridgehead atoms. The van der Waals surface area contributed by atoms with Crippen molar-refractivity contribution in [3.05, 3.63) is 61.5 Å². The molecule has 2 aromatic rings. The number of nitrogens with zero attached hydrogens (tertiary/aromatic N) is 1. The highest BCUT2D eigenvalue weighted by Crippen LogP contribution is 2.30. The zero-order chi connectivity index (χ0) is 17.0. The van der Waals surface area contributed by atoms with Gasteiger partial charge >= 0.3 is 0 Å². The molecule has 2 aromatic carbocycles. The highest BCUT2D eigenvalue weighted by molar-refractivity contribution is 9.11. The molecule has 0 aliphatic carbocycles. The molecule has 0 unspecified atom stereocenters. The van der Waals surface area contributed by atoms with Crippen molar-refractivity contribution in [1.82, 2.24) is 5.43 Å². The van der Waals surface area contributed by atoms with Crippen LogP contribution in [0.1, 0.15) is 22.3 Å². The lowest BCUT2D eigenvalue weighted by atomic mass is 10.0. The van der Waals surface area contributed by atoms with E-state index < -0.39 is 0 Å². The number of phenolic OH excluding ortho intramolecular Hbond substituents is 1. The molecule has 0 saturated heterocycles. The number of hydrogen-bond donors (Lipinski definition) is 2. The summed E-state index contributed by atoms with van der Waals surface area (Å²) in [5.74, 6) is -0.140. The van der Waals surface area contributed by atoms with Gasteiger partial charge in [0, 0.05) is 10.0 Å². The van der Waals surface area contributed by atoms with E-state index in [1.54, 1.807) is 12.1 Å². The van der Waals surface area contributed by atoms with Crippen LogP contribution in [-0.2, 0) is 11.2 Å². The summed E-state index contributed by atoms with van der Waals surface area (Å²) in [4.78, 5) is 11.9. The van der Waals surface area contributed by atoms with Crippen LogP contribution >= 0.6 is 31.9 Å². The average Bonchev–Trinajstić information content (AvgIpc) is 2.48. The number of rotatable bonds is 4. The Balaban J connectivity index is 2.00. The molecule has 0 fully saturated rings. The third-order valence-corrected chi connectivity index (χ3v) is 4.45. The molecule has 4 nitrogen and oxygen atoms in total. The molecular weight excluding hydrogens is 424 g/mol. The van der Waals surface area contributed by atoms with Gasteiger partial charge in [-0.1, -0.05) is 34.1 Å². The van der Waals surface area contributed by atoms with E-state index in [4.69, 9.17) is 0 Å². The largest absolute Gasteiger partial charge is 0.506 e. The quantitative estimate of drug-likeness (QED) is 0.553. The molecule has 2 N–H and O–H groups in total. The van der Waals surface area contributed by atoms with Gasteiger partial charge in [-0.3, -0.25) is 4.79 Å². The van der Waals surface area contributed by atoms with Crippen molar-refractivity contribution in [3.63, 3.8) is 0 Å². The van der Waals surface area contributed by atoms with Gasteiger partial charge in [0.1, 0.15) is 5.75 Å². The Morgan fingerprint density at radius 2 is 1.96 bits per heavy atom. The van der Waals surface area contributed by atoms with E-state index in [-0.39, 0.29) is 18.1 Å². The molecule has 0 aromatic heterocycles. The second-order valence-electron chi connectivity index (χ2n) is 5.21. The van der Waals surface area contributed by atoms with Gasteiger partial charge in [0.2, 0.25) is 5.91 Å². The Morgan fingerprint density at radius 1 is 1.22 bits per heavy atom. The summed E-state index contributed by atoms with van der Waals surface area (Å²) in [7, 11) is 0. The first-order valence-corrected chi connectivity index (χ1v) is 8.51. The lowest BCUT2D eigenvalue weighted by Crippen LogP contribution is -2.19. The minimum Gasteiger partial charge on any atom is -0.506 e. The zero-order valence-electron chi connectivity index (χ0n) is 12.7.